The molecule has 14 heavy (non-hydrogen) atoms. The third-order valence-electron chi connectivity index (χ3n) is 1.78. The van der Waals surface area contributed by atoms with Crippen molar-refractivity contribution in [2.75, 3.05) is 33.9 Å². The van der Waals surface area contributed by atoms with Crippen molar-refractivity contribution in [3.8, 4) is 0 Å². The molecule has 0 amide bonds. The number of ether oxygens (including phenoxy) is 1. The minimum absolute atomic E-state index is 0.640. The highest BCUT2D eigenvalue weighted by Gasteiger charge is 1.94. The van der Waals surface area contributed by atoms with Crippen molar-refractivity contribution in [2.45, 2.75) is 6.54 Å². The molecule has 5 nitrogen and oxygen atoms in total. The molecular weight excluding hydrogens is 200 g/mol. The first-order valence-electron chi connectivity index (χ1n) is 4.52. The summed E-state index contributed by atoms with van der Waals surface area (Å²) in [4.78, 5) is 2.09. The zero-order valence-corrected chi connectivity index (χ0v) is 9.38. The van der Waals surface area contributed by atoms with Crippen LogP contribution in [-0.2, 0) is 11.3 Å². The van der Waals surface area contributed by atoms with Crippen molar-refractivity contribution in [2.24, 2.45) is 0 Å². The van der Waals surface area contributed by atoms with E-state index >= 15 is 0 Å². The van der Waals surface area contributed by atoms with E-state index in [4.69, 9.17) is 17.0 Å². The molecule has 6 heteroatoms. The Balaban J connectivity index is 2.11. The molecule has 1 aromatic heterocycles. The molecule has 0 aliphatic heterocycles. The normalized spacial score (nSPS) is 11.1. The Morgan fingerprint density at radius 2 is 2.36 bits per heavy atom. The SMILES string of the molecule is CN(C)CCOCCn1cn[nH]c1=S. The Morgan fingerprint density at radius 3 is 2.93 bits per heavy atom. The van der Waals surface area contributed by atoms with E-state index in [1.165, 1.54) is 0 Å². The fraction of sp³-hybridized carbons (Fsp3) is 0.750. The Kier molecular flexibility index (Phi) is 4.78. The molecule has 0 fully saturated rings. The molecule has 1 N–H and O–H groups in total. The summed E-state index contributed by atoms with van der Waals surface area (Å²) in [6.07, 6.45) is 1.68. The van der Waals surface area contributed by atoms with Crippen LogP contribution < -0.4 is 0 Å². The zero-order chi connectivity index (χ0) is 10.4. The first-order chi connectivity index (χ1) is 6.70. The number of nitrogens with zero attached hydrogens (tertiary/aromatic N) is 3. The number of likely N-dealkylation sites (N-methyl/N-ethyl adjacent to an activating group) is 1. The average Bonchev–Trinajstić information content (AvgIpc) is 2.51. The van der Waals surface area contributed by atoms with Crippen LogP contribution in [0.5, 0.6) is 0 Å². The number of hydrogen-bond donors (Lipinski definition) is 1. The third-order valence-corrected chi connectivity index (χ3v) is 2.10. The van der Waals surface area contributed by atoms with E-state index in [0.29, 0.717) is 11.4 Å². The molecular formula is C8H16N4OS. The summed E-state index contributed by atoms with van der Waals surface area (Å²) in [5.41, 5.74) is 0. The van der Waals surface area contributed by atoms with Gasteiger partial charge in [0.2, 0.25) is 0 Å². The summed E-state index contributed by atoms with van der Waals surface area (Å²) in [6, 6.07) is 0. The lowest BCUT2D eigenvalue weighted by atomic mass is 10.6. The molecule has 0 aromatic carbocycles. The largest absolute Gasteiger partial charge is 0.378 e. The number of rotatable bonds is 6. The van der Waals surface area contributed by atoms with Gasteiger partial charge in [0, 0.05) is 13.1 Å². The predicted molar refractivity (Wildman–Crippen MR) is 56.8 cm³/mol. The molecule has 0 unspecified atom stereocenters. The number of nitrogens with one attached hydrogen (secondary N) is 1. The van der Waals surface area contributed by atoms with Crippen LogP contribution in [0.2, 0.25) is 0 Å². The first kappa shape index (κ1) is 11.4. The van der Waals surface area contributed by atoms with Crippen molar-refractivity contribution in [3.05, 3.63) is 11.1 Å². The molecule has 0 aliphatic carbocycles. The Labute approximate surface area is 88.7 Å². The van der Waals surface area contributed by atoms with Crippen LogP contribution in [0.3, 0.4) is 0 Å². The number of hydrogen-bond acceptors (Lipinski definition) is 4. The highest BCUT2D eigenvalue weighted by Crippen LogP contribution is 1.88. The van der Waals surface area contributed by atoms with Crippen molar-refractivity contribution in [3.63, 3.8) is 0 Å². The van der Waals surface area contributed by atoms with Gasteiger partial charge >= 0.3 is 0 Å². The fourth-order valence-corrected chi connectivity index (χ4v) is 1.13. The molecule has 0 saturated carbocycles. The topological polar surface area (TPSA) is 46.1 Å². The van der Waals surface area contributed by atoms with Crippen LogP contribution in [0.4, 0.5) is 0 Å². The van der Waals surface area contributed by atoms with E-state index in [1.807, 2.05) is 18.7 Å². The number of aromatic nitrogens is 3. The predicted octanol–water partition coefficient (Wildman–Crippen LogP) is 0.519. The van der Waals surface area contributed by atoms with Gasteiger partial charge in [-0.15, -0.1) is 0 Å². The van der Waals surface area contributed by atoms with Crippen molar-refractivity contribution >= 4 is 12.2 Å². The highest BCUT2D eigenvalue weighted by atomic mass is 32.1. The van der Waals surface area contributed by atoms with E-state index in [-0.39, 0.29) is 0 Å². The van der Waals surface area contributed by atoms with Crippen molar-refractivity contribution < 1.29 is 4.74 Å². The second kappa shape index (κ2) is 5.90. The van der Waals surface area contributed by atoms with E-state index in [1.54, 1.807) is 6.33 Å². The molecule has 0 aliphatic rings. The first-order valence-corrected chi connectivity index (χ1v) is 4.93. The monoisotopic (exact) mass is 216 g/mol. The summed E-state index contributed by atoms with van der Waals surface area (Å²) in [5, 5.41) is 6.51. The van der Waals surface area contributed by atoms with Gasteiger partial charge in [-0.25, -0.2) is 0 Å². The lowest BCUT2D eigenvalue weighted by molar-refractivity contribution is 0.110. The summed E-state index contributed by atoms with van der Waals surface area (Å²) in [7, 11) is 4.05. The summed E-state index contributed by atoms with van der Waals surface area (Å²) < 4.78 is 7.91. The second-order valence-corrected chi connectivity index (χ2v) is 3.66. The lowest BCUT2D eigenvalue weighted by Gasteiger charge is -2.09. The zero-order valence-electron chi connectivity index (χ0n) is 8.56. The van der Waals surface area contributed by atoms with Crippen molar-refractivity contribution in [1.82, 2.24) is 19.7 Å². The standard InChI is InChI=1S/C8H16N4OS/c1-11(2)3-5-13-6-4-12-7-9-10-8(12)14/h7H,3-6H2,1-2H3,(H,10,14). The molecule has 0 radical (unpaired) electrons. The molecule has 0 spiro atoms. The maximum Gasteiger partial charge on any atom is 0.195 e. The molecule has 1 aromatic rings. The van der Waals surface area contributed by atoms with Gasteiger partial charge in [0.1, 0.15) is 6.33 Å². The molecule has 0 atom stereocenters. The quantitative estimate of drug-likeness (QED) is 0.556. The van der Waals surface area contributed by atoms with Crippen LogP contribution in [0.1, 0.15) is 0 Å². The van der Waals surface area contributed by atoms with Crippen LogP contribution in [0.25, 0.3) is 0 Å². The number of H-pyrrole nitrogens is 1. The lowest BCUT2D eigenvalue weighted by Crippen LogP contribution is -2.19. The summed E-state index contributed by atoms with van der Waals surface area (Å²) >= 11 is 4.99. The smallest absolute Gasteiger partial charge is 0.195 e. The van der Waals surface area contributed by atoms with E-state index in [9.17, 15) is 0 Å². The van der Waals surface area contributed by atoms with Gasteiger partial charge in [0.05, 0.1) is 13.2 Å². The van der Waals surface area contributed by atoms with Gasteiger partial charge in [-0.05, 0) is 26.3 Å². The van der Waals surface area contributed by atoms with E-state index in [2.05, 4.69) is 15.1 Å². The van der Waals surface area contributed by atoms with E-state index in [0.717, 1.165) is 19.7 Å². The molecule has 0 saturated heterocycles. The molecule has 1 rings (SSSR count). The fourth-order valence-electron chi connectivity index (χ4n) is 0.942. The molecule has 0 bridgehead atoms. The van der Waals surface area contributed by atoms with Gasteiger partial charge in [-0.3, -0.25) is 5.10 Å². The van der Waals surface area contributed by atoms with Crippen molar-refractivity contribution in [1.29, 1.82) is 0 Å². The molecule has 80 valence electrons. The van der Waals surface area contributed by atoms with Gasteiger partial charge in [0.15, 0.2) is 4.77 Å². The van der Waals surface area contributed by atoms with E-state index < -0.39 is 0 Å². The Hall–Kier alpha value is -0.720. The van der Waals surface area contributed by atoms with Gasteiger partial charge in [-0.2, -0.15) is 5.10 Å². The van der Waals surface area contributed by atoms with Gasteiger partial charge in [0.25, 0.3) is 0 Å². The third kappa shape index (κ3) is 3.99. The van der Waals surface area contributed by atoms with Crippen LogP contribution >= 0.6 is 12.2 Å². The number of aromatic amines is 1. The Bertz CT molecular complexity index is 306. The van der Waals surface area contributed by atoms with Crippen LogP contribution in [0.15, 0.2) is 6.33 Å². The van der Waals surface area contributed by atoms with Crippen LogP contribution in [0, 0.1) is 4.77 Å². The minimum atomic E-state index is 0.640. The highest BCUT2D eigenvalue weighted by molar-refractivity contribution is 7.71. The van der Waals surface area contributed by atoms with Gasteiger partial charge in [-0.1, -0.05) is 0 Å². The Morgan fingerprint density at radius 1 is 1.57 bits per heavy atom. The molecule has 1 heterocycles. The maximum atomic E-state index is 5.42. The van der Waals surface area contributed by atoms with Gasteiger partial charge < -0.3 is 14.2 Å². The average molecular weight is 216 g/mol. The van der Waals surface area contributed by atoms with Crippen LogP contribution in [-0.4, -0.2) is 53.5 Å². The maximum absolute atomic E-state index is 5.42. The summed E-state index contributed by atoms with van der Waals surface area (Å²) in [5.74, 6) is 0. The summed E-state index contributed by atoms with van der Waals surface area (Å²) in [6.45, 7) is 3.11. The minimum Gasteiger partial charge on any atom is -0.378 e. The second-order valence-electron chi connectivity index (χ2n) is 3.27.